The van der Waals surface area contributed by atoms with Gasteiger partial charge < -0.3 is 15.0 Å². The van der Waals surface area contributed by atoms with E-state index in [2.05, 4.69) is 5.32 Å². The van der Waals surface area contributed by atoms with Gasteiger partial charge in [0.25, 0.3) is 5.91 Å². The van der Waals surface area contributed by atoms with Gasteiger partial charge in [-0.1, -0.05) is 97.4 Å². The third-order valence-corrected chi connectivity index (χ3v) is 6.40. The smallest absolute Gasteiger partial charge is 0.261 e. The minimum absolute atomic E-state index is 0.189. The number of hydrogen-bond acceptors (Lipinski definition) is 3. The monoisotopic (exact) mass is 514 g/mol. The molecule has 0 heterocycles. The molecule has 0 saturated heterocycles. The molecule has 0 spiro atoms. The van der Waals surface area contributed by atoms with Gasteiger partial charge in [0.05, 0.1) is 0 Å². The Bertz CT molecular complexity index is 1340. The van der Waals surface area contributed by atoms with Gasteiger partial charge in [0.2, 0.25) is 5.91 Å². The first-order valence-corrected chi connectivity index (χ1v) is 12.9. The van der Waals surface area contributed by atoms with E-state index >= 15 is 0 Å². The molecule has 4 aromatic carbocycles. The van der Waals surface area contributed by atoms with E-state index in [-0.39, 0.29) is 25.0 Å². The fraction of sp³-hybridized carbons (Fsp3) is 0.226. The molecule has 0 aromatic heterocycles. The van der Waals surface area contributed by atoms with Crippen molar-refractivity contribution in [3.8, 4) is 5.75 Å². The van der Waals surface area contributed by atoms with Crippen LogP contribution in [0.4, 0.5) is 0 Å². The van der Waals surface area contributed by atoms with Crippen molar-refractivity contribution in [3.05, 3.63) is 113 Å². The van der Waals surface area contributed by atoms with Gasteiger partial charge in [-0.05, 0) is 41.1 Å². The van der Waals surface area contributed by atoms with Crippen molar-refractivity contribution < 1.29 is 14.3 Å². The van der Waals surface area contributed by atoms with Crippen LogP contribution >= 0.6 is 11.6 Å². The molecule has 5 nitrogen and oxygen atoms in total. The minimum atomic E-state index is -0.712. The van der Waals surface area contributed by atoms with Crippen LogP contribution in [0.5, 0.6) is 5.75 Å². The quantitative estimate of drug-likeness (QED) is 0.265. The standard InChI is InChI=1S/C31H31ClN2O3/c1-2-18-33-31(36)28(20-23-10-4-3-5-11-23)34(21-24-12-8-15-26(32)19-24)30(35)22-37-29-17-9-14-25-13-6-7-16-27(25)29/h3-17,19,28H,2,18,20-22H2,1H3,(H,33,36)/t28-/m0/s1. The Labute approximate surface area is 223 Å². The number of ether oxygens (including phenoxy) is 1. The summed E-state index contributed by atoms with van der Waals surface area (Å²) in [5, 5.41) is 5.52. The predicted molar refractivity (Wildman–Crippen MR) is 149 cm³/mol. The van der Waals surface area contributed by atoms with E-state index in [1.165, 1.54) is 0 Å². The van der Waals surface area contributed by atoms with Gasteiger partial charge in [0.1, 0.15) is 11.8 Å². The molecular formula is C31H31ClN2O3. The van der Waals surface area contributed by atoms with Gasteiger partial charge >= 0.3 is 0 Å². The topological polar surface area (TPSA) is 58.6 Å². The van der Waals surface area contributed by atoms with Crippen molar-refractivity contribution in [3.63, 3.8) is 0 Å². The lowest BCUT2D eigenvalue weighted by atomic mass is 10.0. The van der Waals surface area contributed by atoms with Crippen molar-refractivity contribution in [1.82, 2.24) is 10.2 Å². The van der Waals surface area contributed by atoms with Crippen molar-refractivity contribution in [2.75, 3.05) is 13.2 Å². The molecule has 0 unspecified atom stereocenters. The number of amides is 2. The fourth-order valence-electron chi connectivity index (χ4n) is 4.30. The maximum Gasteiger partial charge on any atom is 0.261 e. The molecule has 1 N–H and O–H groups in total. The Morgan fingerprint density at radius 1 is 0.892 bits per heavy atom. The molecular weight excluding hydrogens is 484 g/mol. The molecule has 2 amide bonds. The molecule has 0 fully saturated rings. The number of nitrogens with zero attached hydrogens (tertiary/aromatic N) is 1. The van der Waals surface area contributed by atoms with Crippen molar-refractivity contribution in [2.45, 2.75) is 32.4 Å². The van der Waals surface area contributed by atoms with E-state index in [1.54, 1.807) is 11.0 Å². The Morgan fingerprint density at radius 2 is 1.59 bits per heavy atom. The fourth-order valence-corrected chi connectivity index (χ4v) is 4.51. The van der Waals surface area contributed by atoms with E-state index in [9.17, 15) is 9.59 Å². The highest BCUT2D eigenvalue weighted by Crippen LogP contribution is 2.25. The largest absolute Gasteiger partial charge is 0.483 e. The Morgan fingerprint density at radius 3 is 2.38 bits per heavy atom. The summed E-state index contributed by atoms with van der Waals surface area (Å²) in [5.74, 6) is 0.163. The first kappa shape index (κ1) is 26.2. The van der Waals surface area contributed by atoms with E-state index in [0.29, 0.717) is 23.7 Å². The van der Waals surface area contributed by atoms with E-state index < -0.39 is 6.04 Å². The molecule has 0 aliphatic rings. The lowest BCUT2D eigenvalue weighted by Gasteiger charge is -2.31. The van der Waals surface area contributed by atoms with Gasteiger partial charge in [-0.2, -0.15) is 0 Å². The number of nitrogens with one attached hydrogen (secondary N) is 1. The average Bonchev–Trinajstić information content (AvgIpc) is 2.93. The molecule has 0 aliphatic heterocycles. The van der Waals surface area contributed by atoms with Crippen LogP contribution in [0, 0.1) is 0 Å². The lowest BCUT2D eigenvalue weighted by molar-refractivity contribution is -0.142. The highest BCUT2D eigenvalue weighted by Gasteiger charge is 2.30. The maximum atomic E-state index is 13.7. The van der Waals surface area contributed by atoms with Gasteiger partial charge in [-0.15, -0.1) is 0 Å². The number of hydrogen-bond donors (Lipinski definition) is 1. The highest BCUT2D eigenvalue weighted by atomic mass is 35.5. The highest BCUT2D eigenvalue weighted by molar-refractivity contribution is 6.30. The van der Waals surface area contributed by atoms with Crippen LogP contribution in [0.15, 0.2) is 97.1 Å². The molecule has 37 heavy (non-hydrogen) atoms. The van der Waals surface area contributed by atoms with E-state index in [0.717, 1.165) is 28.3 Å². The third-order valence-electron chi connectivity index (χ3n) is 6.16. The number of benzene rings is 4. The summed E-state index contributed by atoms with van der Waals surface area (Å²) in [6.07, 6.45) is 1.19. The van der Waals surface area contributed by atoms with E-state index in [1.807, 2.05) is 97.9 Å². The zero-order valence-corrected chi connectivity index (χ0v) is 21.7. The molecule has 0 aliphatic carbocycles. The van der Waals surface area contributed by atoms with Gasteiger partial charge in [0, 0.05) is 29.9 Å². The zero-order valence-electron chi connectivity index (χ0n) is 20.9. The molecule has 190 valence electrons. The minimum Gasteiger partial charge on any atom is -0.483 e. The van der Waals surface area contributed by atoms with Crippen LogP contribution in [0.25, 0.3) is 10.8 Å². The van der Waals surface area contributed by atoms with Crippen molar-refractivity contribution in [1.29, 1.82) is 0 Å². The SMILES string of the molecule is CCCNC(=O)[C@H](Cc1ccccc1)N(Cc1cccc(Cl)c1)C(=O)COc1cccc2ccccc12. The second-order valence-electron chi connectivity index (χ2n) is 8.91. The summed E-state index contributed by atoms with van der Waals surface area (Å²) in [6, 6.07) is 30.0. The second-order valence-corrected chi connectivity index (χ2v) is 9.35. The third kappa shape index (κ3) is 7.11. The average molecular weight is 515 g/mol. The molecule has 4 rings (SSSR count). The van der Waals surface area contributed by atoms with E-state index in [4.69, 9.17) is 16.3 Å². The van der Waals surface area contributed by atoms with Gasteiger partial charge in [0.15, 0.2) is 6.61 Å². The summed E-state index contributed by atoms with van der Waals surface area (Å²) < 4.78 is 6.04. The van der Waals surface area contributed by atoms with Gasteiger partial charge in [-0.25, -0.2) is 0 Å². The van der Waals surface area contributed by atoms with Crippen LogP contribution in [0.2, 0.25) is 5.02 Å². The van der Waals surface area contributed by atoms with Gasteiger partial charge in [-0.3, -0.25) is 9.59 Å². The van der Waals surface area contributed by atoms with Crippen molar-refractivity contribution in [2.24, 2.45) is 0 Å². The normalized spacial score (nSPS) is 11.6. The number of rotatable bonds is 11. The second kappa shape index (κ2) is 12.9. The molecule has 4 aromatic rings. The Kier molecular flexibility index (Phi) is 9.17. The van der Waals surface area contributed by atoms with Crippen LogP contribution in [0.1, 0.15) is 24.5 Å². The molecule has 6 heteroatoms. The first-order chi connectivity index (χ1) is 18.0. The predicted octanol–water partition coefficient (Wildman–Crippen LogP) is 6.04. The number of fused-ring (bicyclic) bond motifs is 1. The lowest BCUT2D eigenvalue weighted by Crippen LogP contribution is -2.51. The Balaban J connectivity index is 1.63. The molecule has 0 saturated carbocycles. The van der Waals surface area contributed by atoms with Crippen LogP contribution in [-0.4, -0.2) is 35.9 Å². The number of halogens is 1. The summed E-state index contributed by atoms with van der Waals surface area (Å²) in [6.45, 7) is 2.57. The number of carbonyl (C=O) groups is 2. The first-order valence-electron chi connectivity index (χ1n) is 12.5. The number of carbonyl (C=O) groups excluding carboxylic acids is 2. The summed E-state index contributed by atoms with van der Waals surface area (Å²) in [4.78, 5) is 28.7. The van der Waals surface area contributed by atoms with Crippen LogP contribution < -0.4 is 10.1 Å². The van der Waals surface area contributed by atoms with Crippen molar-refractivity contribution >= 4 is 34.2 Å². The van der Waals surface area contributed by atoms with Crippen LogP contribution in [0.3, 0.4) is 0 Å². The maximum absolute atomic E-state index is 13.7. The molecule has 1 atom stereocenters. The zero-order chi connectivity index (χ0) is 26.0. The Hall–Kier alpha value is -3.83. The summed E-state index contributed by atoms with van der Waals surface area (Å²) in [5.41, 5.74) is 1.81. The van der Waals surface area contributed by atoms with Crippen LogP contribution in [-0.2, 0) is 22.6 Å². The molecule has 0 bridgehead atoms. The summed E-state index contributed by atoms with van der Waals surface area (Å²) >= 11 is 6.24. The summed E-state index contributed by atoms with van der Waals surface area (Å²) in [7, 11) is 0. The molecule has 0 radical (unpaired) electrons.